The number of hydrogen-bond acceptors (Lipinski definition) is 11. The molecule has 2 N–H and O–H groups in total. The molecule has 1 aliphatic rings. The zero-order valence-electron chi connectivity index (χ0n) is 19.7. The molecule has 3 heterocycles. The van der Waals surface area contributed by atoms with E-state index in [0.717, 1.165) is 21.7 Å². The molecule has 182 valence electrons. The van der Waals surface area contributed by atoms with Crippen molar-refractivity contribution in [2.75, 3.05) is 17.5 Å². The van der Waals surface area contributed by atoms with Crippen molar-refractivity contribution in [1.82, 2.24) is 9.97 Å². The number of aryl methyl sites for hydroxylation is 2. The van der Waals surface area contributed by atoms with E-state index in [1.54, 1.807) is 24.3 Å². The van der Waals surface area contributed by atoms with Gasteiger partial charge >= 0.3 is 5.97 Å². The van der Waals surface area contributed by atoms with Crippen LogP contribution in [0.4, 0.5) is 10.3 Å². The number of anilines is 2. The van der Waals surface area contributed by atoms with Crippen molar-refractivity contribution in [1.29, 1.82) is 0 Å². The smallest absolute Gasteiger partial charge is 0.337 e. The summed E-state index contributed by atoms with van der Waals surface area (Å²) in [5.41, 5.74) is 7.63. The maximum absolute atomic E-state index is 11.7. The lowest BCUT2D eigenvalue weighted by atomic mass is 10.1. The van der Waals surface area contributed by atoms with E-state index in [0.29, 0.717) is 32.9 Å². The molecule has 0 radical (unpaired) electrons. The maximum atomic E-state index is 11.7. The van der Waals surface area contributed by atoms with Gasteiger partial charge in [0.05, 0.1) is 24.1 Å². The van der Waals surface area contributed by atoms with Crippen molar-refractivity contribution in [3.8, 4) is 11.3 Å². The Bertz CT molecular complexity index is 1440. The molecule has 36 heavy (non-hydrogen) atoms. The minimum Gasteiger partial charge on any atom is -0.465 e. The number of hydrogen-bond donors (Lipinski definition) is 2. The average Bonchev–Trinajstić information content (AvgIpc) is 3.60. The second kappa shape index (κ2) is 9.97. The Morgan fingerprint density at radius 3 is 2.50 bits per heavy atom. The molecule has 0 fully saturated rings. The molecular formula is C25H22N6O3S2. The van der Waals surface area contributed by atoms with Crippen LogP contribution in [0.25, 0.3) is 11.3 Å². The average molecular weight is 519 g/mol. The predicted octanol–water partition coefficient (Wildman–Crippen LogP) is 4.68. The Morgan fingerprint density at radius 1 is 1.08 bits per heavy atom. The molecule has 0 bridgehead atoms. The zero-order chi connectivity index (χ0) is 25.2. The number of rotatable bonds is 6. The lowest BCUT2D eigenvalue weighted by Gasteiger charge is -2.15. The van der Waals surface area contributed by atoms with E-state index in [1.807, 2.05) is 49.6 Å². The van der Waals surface area contributed by atoms with Crippen LogP contribution in [0.15, 0.2) is 70.2 Å². The third-order valence-corrected chi connectivity index (χ3v) is 7.37. The number of hydrazone groups is 2. The van der Waals surface area contributed by atoms with Gasteiger partial charge in [-0.05, 0) is 26.0 Å². The molecular weight excluding hydrogens is 496 g/mol. The molecule has 9 nitrogen and oxygen atoms in total. The van der Waals surface area contributed by atoms with E-state index >= 15 is 0 Å². The fourth-order valence-electron chi connectivity index (χ4n) is 3.54. The summed E-state index contributed by atoms with van der Waals surface area (Å²) >= 11 is 2.84. The Morgan fingerprint density at radius 2 is 1.83 bits per heavy atom. The molecule has 4 aromatic rings. The molecule has 0 aliphatic carbocycles. The number of benzene rings is 2. The van der Waals surface area contributed by atoms with Crippen LogP contribution in [-0.4, -0.2) is 45.8 Å². The summed E-state index contributed by atoms with van der Waals surface area (Å²) in [5.74, 6) is -0.396. The highest BCUT2D eigenvalue weighted by Gasteiger charge is 2.36. The molecule has 2 aromatic heterocycles. The quantitative estimate of drug-likeness (QED) is 0.281. The second-order valence-corrected chi connectivity index (χ2v) is 9.93. The third kappa shape index (κ3) is 4.63. The highest BCUT2D eigenvalue weighted by molar-refractivity contribution is 7.15. The molecule has 2 aromatic carbocycles. The minimum absolute atomic E-state index is 0.367. The van der Waals surface area contributed by atoms with E-state index in [-0.39, 0.29) is 0 Å². The van der Waals surface area contributed by atoms with Gasteiger partial charge in [-0.25, -0.2) is 19.8 Å². The normalized spacial score (nSPS) is 16.3. The molecule has 1 atom stereocenters. The van der Waals surface area contributed by atoms with Crippen molar-refractivity contribution < 1.29 is 14.6 Å². The number of nitrogens with zero attached hydrogens (tertiary/aromatic N) is 5. The Balaban J connectivity index is 1.45. The number of aromatic nitrogens is 2. The standard InChI is InChI=1S/C25H22N6O3S2/c1-14-15(2)36-24(26-14)29-28-21-20(17-7-5-4-6-8-17)30-31(22(21)32)25-27-19(13-35-25)16-9-11-18(12-10-16)23(33)34-3/h4-13,22,32H,1-3H3,(H,26,29)/b28-21-. The number of nitrogens with one attached hydrogen (secondary N) is 1. The number of aliphatic hydroxyl groups excluding tert-OH is 1. The largest absolute Gasteiger partial charge is 0.465 e. The van der Waals surface area contributed by atoms with Gasteiger partial charge in [-0.3, -0.25) is 5.43 Å². The molecule has 5 rings (SSSR count). The summed E-state index contributed by atoms with van der Waals surface area (Å²) in [6.07, 6.45) is -1.14. The monoisotopic (exact) mass is 518 g/mol. The molecule has 0 saturated carbocycles. The topological polar surface area (TPSA) is 112 Å². The lowest BCUT2D eigenvalue weighted by Crippen LogP contribution is -2.34. The second-order valence-electron chi connectivity index (χ2n) is 7.89. The Kier molecular flexibility index (Phi) is 6.59. The highest BCUT2D eigenvalue weighted by atomic mass is 32.1. The fourth-order valence-corrected chi connectivity index (χ4v) is 5.10. The maximum Gasteiger partial charge on any atom is 0.337 e. The highest BCUT2D eigenvalue weighted by Crippen LogP contribution is 2.32. The third-order valence-electron chi connectivity index (χ3n) is 5.56. The summed E-state index contributed by atoms with van der Waals surface area (Å²) in [6.45, 7) is 3.94. The van der Waals surface area contributed by atoms with Crippen molar-refractivity contribution in [3.63, 3.8) is 0 Å². The first-order chi connectivity index (χ1) is 17.4. The number of thiazole rings is 2. The number of ether oxygens (including phenoxy) is 1. The molecule has 0 saturated heterocycles. The summed E-state index contributed by atoms with van der Waals surface area (Å²) in [6, 6.07) is 16.6. The molecule has 0 spiro atoms. The SMILES string of the molecule is COC(=O)c1ccc(-c2csc(N3N=C(c4ccccc4)/C(=N/Nc4nc(C)c(C)s4)C3O)n2)cc1. The van der Waals surface area contributed by atoms with Gasteiger partial charge in [0.1, 0.15) is 11.4 Å². The summed E-state index contributed by atoms with van der Waals surface area (Å²) in [5, 5.41) is 24.9. The van der Waals surface area contributed by atoms with E-state index < -0.39 is 12.2 Å². The number of esters is 1. The van der Waals surface area contributed by atoms with Crippen LogP contribution in [0.3, 0.4) is 0 Å². The van der Waals surface area contributed by atoms with E-state index in [9.17, 15) is 9.90 Å². The molecule has 1 unspecified atom stereocenters. The zero-order valence-corrected chi connectivity index (χ0v) is 21.3. The van der Waals surface area contributed by atoms with E-state index in [4.69, 9.17) is 4.74 Å². The van der Waals surface area contributed by atoms with Gasteiger partial charge in [-0.2, -0.15) is 10.2 Å². The Hall–Kier alpha value is -3.93. The van der Waals surface area contributed by atoms with Crippen LogP contribution in [0.2, 0.25) is 0 Å². The van der Waals surface area contributed by atoms with Crippen LogP contribution < -0.4 is 10.4 Å². The van der Waals surface area contributed by atoms with Crippen LogP contribution in [0.1, 0.15) is 26.5 Å². The summed E-state index contributed by atoms with van der Waals surface area (Å²) < 4.78 is 4.76. The van der Waals surface area contributed by atoms with Crippen molar-refractivity contribution in [2.24, 2.45) is 10.2 Å². The molecule has 11 heteroatoms. The van der Waals surface area contributed by atoms with Crippen LogP contribution in [0, 0.1) is 13.8 Å². The van der Waals surface area contributed by atoms with Gasteiger partial charge < -0.3 is 9.84 Å². The number of methoxy groups -OCH3 is 1. The van der Waals surface area contributed by atoms with Gasteiger partial charge in [0.25, 0.3) is 0 Å². The van der Waals surface area contributed by atoms with Gasteiger partial charge in [-0.1, -0.05) is 42.5 Å². The molecule has 1 aliphatic heterocycles. The number of carbonyl (C=O) groups is 1. The summed E-state index contributed by atoms with van der Waals surface area (Å²) in [4.78, 5) is 21.9. The fraction of sp³-hybridized carbons (Fsp3) is 0.160. The van der Waals surface area contributed by atoms with Crippen LogP contribution in [0.5, 0.6) is 0 Å². The molecule has 0 amide bonds. The van der Waals surface area contributed by atoms with E-state index in [2.05, 4.69) is 25.6 Å². The Labute approximate surface area is 215 Å². The van der Waals surface area contributed by atoms with E-state index in [1.165, 1.54) is 34.8 Å². The predicted molar refractivity (Wildman–Crippen MR) is 143 cm³/mol. The minimum atomic E-state index is -1.14. The van der Waals surface area contributed by atoms with Crippen molar-refractivity contribution >= 4 is 50.3 Å². The first-order valence-corrected chi connectivity index (χ1v) is 12.7. The number of aliphatic hydroxyl groups is 1. The van der Waals surface area contributed by atoms with Crippen LogP contribution >= 0.6 is 22.7 Å². The van der Waals surface area contributed by atoms with Crippen molar-refractivity contribution in [3.05, 3.63) is 81.7 Å². The summed E-state index contributed by atoms with van der Waals surface area (Å²) in [7, 11) is 1.35. The van der Waals surface area contributed by atoms with Gasteiger partial charge in [0, 0.05) is 21.4 Å². The lowest BCUT2D eigenvalue weighted by molar-refractivity contribution is 0.0600. The van der Waals surface area contributed by atoms with Gasteiger partial charge in [0.15, 0.2) is 6.23 Å². The van der Waals surface area contributed by atoms with Gasteiger partial charge in [-0.15, -0.1) is 22.7 Å². The number of carbonyl (C=O) groups excluding carboxylic acids is 1. The van der Waals surface area contributed by atoms with Gasteiger partial charge in [0.2, 0.25) is 10.3 Å². The van der Waals surface area contributed by atoms with Crippen molar-refractivity contribution in [2.45, 2.75) is 20.1 Å². The first kappa shape index (κ1) is 23.8. The van der Waals surface area contributed by atoms with Crippen LogP contribution in [-0.2, 0) is 4.74 Å². The first-order valence-electron chi connectivity index (χ1n) is 11.0.